The Morgan fingerprint density at radius 2 is 1.79 bits per heavy atom. The van der Waals surface area contributed by atoms with E-state index in [0.29, 0.717) is 30.4 Å². The van der Waals surface area contributed by atoms with Gasteiger partial charge in [-0.05, 0) is 43.5 Å². The van der Waals surface area contributed by atoms with Crippen LogP contribution in [0.15, 0.2) is 54.6 Å². The minimum Gasteiger partial charge on any atom is -0.370 e. The van der Waals surface area contributed by atoms with E-state index in [1.807, 2.05) is 55.5 Å². The summed E-state index contributed by atoms with van der Waals surface area (Å²) >= 11 is 6.01. The first kappa shape index (κ1) is 19.8. The number of anilines is 1. The van der Waals surface area contributed by atoms with E-state index in [4.69, 9.17) is 11.6 Å². The lowest BCUT2D eigenvalue weighted by Crippen LogP contribution is -2.24. The van der Waals surface area contributed by atoms with E-state index < -0.39 is 0 Å². The summed E-state index contributed by atoms with van der Waals surface area (Å²) in [5, 5.41) is 6.89. The normalized spacial score (nSPS) is 10.5. The number of aromatic nitrogens is 2. The Morgan fingerprint density at radius 1 is 1.00 bits per heavy atom. The molecule has 0 bridgehead atoms. The second-order valence-electron chi connectivity index (χ2n) is 6.66. The highest BCUT2D eigenvalue weighted by Gasteiger charge is 2.10. The lowest BCUT2D eigenvalue weighted by Gasteiger charge is -2.10. The molecule has 3 rings (SSSR count). The Morgan fingerprint density at radius 3 is 2.57 bits per heavy atom. The van der Waals surface area contributed by atoms with Crippen molar-refractivity contribution in [2.24, 2.45) is 0 Å². The number of halogens is 1. The average molecular weight is 395 g/mol. The van der Waals surface area contributed by atoms with Crippen LogP contribution in [0.2, 0.25) is 5.02 Å². The molecule has 0 atom stereocenters. The number of rotatable bonds is 7. The third kappa shape index (κ3) is 5.79. The fourth-order valence-electron chi connectivity index (χ4n) is 2.90. The van der Waals surface area contributed by atoms with Gasteiger partial charge in [-0.3, -0.25) is 4.79 Å². The number of aryl methyl sites for hydroxylation is 2. The number of nitrogens with one attached hydrogen (secondary N) is 2. The first-order valence-electron chi connectivity index (χ1n) is 9.17. The Bertz CT molecular complexity index is 974. The second kappa shape index (κ2) is 9.33. The Labute approximate surface area is 170 Å². The quantitative estimate of drug-likeness (QED) is 0.625. The summed E-state index contributed by atoms with van der Waals surface area (Å²) in [7, 11) is 0. The summed E-state index contributed by atoms with van der Waals surface area (Å²) < 4.78 is 0. The van der Waals surface area contributed by atoms with E-state index in [2.05, 4.69) is 20.6 Å². The van der Waals surface area contributed by atoms with Gasteiger partial charge in [0.05, 0.1) is 0 Å². The van der Waals surface area contributed by atoms with E-state index in [0.717, 1.165) is 28.1 Å². The Kier molecular flexibility index (Phi) is 6.61. The molecule has 28 heavy (non-hydrogen) atoms. The predicted octanol–water partition coefficient (Wildman–Crippen LogP) is 4.33. The van der Waals surface area contributed by atoms with Gasteiger partial charge in [0.25, 0.3) is 5.91 Å². The van der Waals surface area contributed by atoms with Crippen molar-refractivity contribution >= 4 is 23.3 Å². The maximum Gasteiger partial charge on any atom is 0.270 e. The Hall–Kier alpha value is -2.92. The number of carbonyl (C=O) groups is 1. The molecule has 0 saturated heterocycles. The summed E-state index contributed by atoms with van der Waals surface area (Å²) in [6.07, 6.45) is 0.804. The maximum absolute atomic E-state index is 12.5. The molecule has 1 amide bonds. The van der Waals surface area contributed by atoms with E-state index >= 15 is 0 Å². The van der Waals surface area contributed by atoms with Crippen molar-refractivity contribution < 1.29 is 4.79 Å². The van der Waals surface area contributed by atoms with Crippen LogP contribution in [0.4, 0.5) is 5.82 Å². The number of nitrogens with zero attached hydrogens (tertiary/aromatic N) is 2. The van der Waals surface area contributed by atoms with Crippen LogP contribution in [0.3, 0.4) is 0 Å². The molecule has 0 fully saturated rings. The van der Waals surface area contributed by atoms with Gasteiger partial charge in [0.15, 0.2) is 0 Å². The number of amides is 1. The van der Waals surface area contributed by atoms with Crippen LogP contribution in [0, 0.1) is 13.8 Å². The molecule has 2 aromatic carbocycles. The van der Waals surface area contributed by atoms with Gasteiger partial charge in [0, 0.05) is 24.2 Å². The molecular weight excluding hydrogens is 372 g/mol. The van der Waals surface area contributed by atoms with Gasteiger partial charge >= 0.3 is 0 Å². The molecule has 0 aliphatic carbocycles. The van der Waals surface area contributed by atoms with Gasteiger partial charge in [-0.1, -0.05) is 53.6 Å². The molecule has 144 valence electrons. The SMILES string of the molecule is Cc1cccc(CNC(=O)c2cc(NCCc3cccc(Cl)c3)nc(C)n2)c1. The van der Waals surface area contributed by atoms with Gasteiger partial charge in [0.2, 0.25) is 0 Å². The molecule has 2 N–H and O–H groups in total. The molecule has 1 heterocycles. The number of carbonyl (C=O) groups excluding carboxylic acids is 1. The van der Waals surface area contributed by atoms with Crippen molar-refractivity contribution in [3.8, 4) is 0 Å². The summed E-state index contributed by atoms with van der Waals surface area (Å²) in [5.41, 5.74) is 3.71. The molecule has 1 aromatic heterocycles. The van der Waals surface area contributed by atoms with Crippen LogP contribution in [0.1, 0.15) is 33.0 Å². The van der Waals surface area contributed by atoms with Crippen molar-refractivity contribution in [2.45, 2.75) is 26.8 Å². The molecule has 3 aromatic rings. The van der Waals surface area contributed by atoms with Crippen LogP contribution in [-0.2, 0) is 13.0 Å². The monoisotopic (exact) mass is 394 g/mol. The highest BCUT2D eigenvalue weighted by molar-refractivity contribution is 6.30. The summed E-state index contributed by atoms with van der Waals surface area (Å²) in [5.74, 6) is 0.966. The lowest BCUT2D eigenvalue weighted by atomic mass is 10.1. The average Bonchev–Trinajstić information content (AvgIpc) is 2.66. The molecule has 5 nitrogen and oxygen atoms in total. The minimum absolute atomic E-state index is 0.218. The summed E-state index contributed by atoms with van der Waals surface area (Å²) in [6.45, 7) is 4.95. The van der Waals surface area contributed by atoms with Crippen molar-refractivity contribution in [1.29, 1.82) is 0 Å². The number of hydrogen-bond acceptors (Lipinski definition) is 4. The first-order chi connectivity index (χ1) is 13.5. The van der Waals surface area contributed by atoms with Crippen molar-refractivity contribution in [2.75, 3.05) is 11.9 Å². The van der Waals surface area contributed by atoms with Crippen LogP contribution in [0.25, 0.3) is 0 Å². The zero-order valence-corrected chi connectivity index (χ0v) is 16.8. The largest absolute Gasteiger partial charge is 0.370 e. The van der Waals surface area contributed by atoms with Crippen LogP contribution >= 0.6 is 11.6 Å². The van der Waals surface area contributed by atoms with Crippen molar-refractivity contribution in [3.63, 3.8) is 0 Å². The lowest BCUT2D eigenvalue weighted by molar-refractivity contribution is 0.0945. The summed E-state index contributed by atoms with van der Waals surface area (Å²) in [4.78, 5) is 21.1. The van der Waals surface area contributed by atoms with Crippen LogP contribution in [0.5, 0.6) is 0 Å². The molecular formula is C22H23ClN4O. The van der Waals surface area contributed by atoms with Gasteiger partial charge in [-0.15, -0.1) is 0 Å². The fraction of sp³-hybridized carbons (Fsp3) is 0.227. The minimum atomic E-state index is -0.218. The Balaban J connectivity index is 1.59. The molecule has 0 radical (unpaired) electrons. The molecule has 0 saturated carbocycles. The summed E-state index contributed by atoms with van der Waals surface area (Å²) in [6, 6.07) is 17.5. The van der Waals surface area contributed by atoms with Crippen molar-refractivity contribution in [1.82, 2.24) is 15.3 Å². The number of hydrogen-bond donors (Lipinski definition) is 2. The van der Waals surface area contributed by atoms with Gasteiger partial charge in [-0.25, -0.2) is 9.97 Å². The van der Waals surface area contributed by atoms with Crippen molar-refractivity contribution in [3.05, 3.63) is 87.8 Å². The maximum atomic E-state index is 12.5. The standard InChI is InChI=1S/C22H23ClN4O/c1-15-5-3-7-18(11-15)14-25-22(28)20-13-21(27-16(2)26-20)24-10-9-17-6-4-8-19(23)12-17/h3-8,11-13H,9-10,14H2,1-2H3,(H,25,28)(H,24,26,27). The highest BCUT2D eigenvalue weighted by Crippen LogP contribution is 2.12. The zero-order valence-electron chi connectivity index (χ0n) is 16.0. The second-order valence-corrected chi connectivity index (χ2v) is 7.10. The smallest absolute Gasteiger partial charge is 0.270 e. The van der Waals surface area contributed by atoms with Crippen LogP contribution < -0.4 is 10.6 Å². The molecule has 0 spiro atoms. The van der Waals surface area contributed by atoms with Gasteiger partial charge in [-0.2, -0.15) is 0 Å². The highest BCUT2D eigenvalue weighted by atomic mass is 35.5. The van der Waals surface area contributed by atoms with Gasteiger partial charge in [0.1, 0.15) is 17.3 Å². The molecule has 0 aliphatic rings. The number of benzene rings is 2. The third-order valence-electron chi connectivity index (χ3n) is 4.21. The topological polar surface area (TPSA) is 66.9 Å². The predicted molar refractivity (Wildman–Crippen MR) is 113 cm³/mol. The van der Waals surface area contributed by atoms with Crippen LogP contribution in [-0.4, -0.2) is 22.4 Å². The fourth-order valence-corrected chi connectivity index (χ4v) is 3.11. The third-order valence-corrected chi connectivity index (χ3v) is 4.45. The van der Waals surface area contributed by atoms with Gasteiger partial charge < -0.3 is 10.6 Å². The van der Waals surface area contributed by atoms with E-state index in [1.54, 1.807) is 13.0 Å². The van der Waals surface area contributed by atoms with E-state index in [9.17, 15) is 4.79 Å². The molecule has 0 aliphatic heterocycles. The molecule has 0 unspecified atom stereocenters. The zero-order chi connectivity index (χ0) is 19.9. The molecule has 6 heteroatoms. The van der Waals surface area contributed by atoms with E-state index in [1.165, 1.54) is 0 Å². The first-order valence-corrected chi connectivity index (χ1v) is 9.55. The van der Waals surface area contributed by atoms with E-state index in [-0.39, 0.29) is 5.91 Å².